The standard InChI is InChI=1S/C12H3F4I3OS/c13-6-8(15)12(21)9(16)7(14)11(6)20-10-4(18)1-3(17)2-5(10)19/h1-2,21H. The Hall–Kier alpha value is 0.500. The first-order valence-corrected chi connectivity index (χ1v) is 8.79. The molecule has 21 heavy (non-hydrogen) atoms. The molecule has 0 N–H and O–H groups in total. The van der Waals surface area contributed by atoms with Gasteiger partial charge in [-0.25, -0.2) is 8.78 Å². The predicted octanol–water partition coefficient (Wildman–Crippen LogP) is 6.14. The van der Waals surface area contributed by atoms with Gasteiger partial charge >= 0.3 is 0 Å². The third-order valence-corrected chi connectivity index (χ3v) is 4.99. The van der Waals surface area contributed by atoms with Gasteiger partial charge in [0, 0.05) is 3.57 Å². The van der Waals surface area contributed by atoms with Crippen molar-refractivity contribution < 1.29 is 22.3 Å². The number of ether oxygens (including phenoxy) is 1. The molecule has 0 radical (unpaired) electrons. The highest BCUT2D eigenvalue weighted by Gasteiger charge is 2.26. The minimum absolute atomic E-state index is 0.125. The topological polar surface area (TPSA) is 9.23 Å². The average molecular weight is 652 g/mol. The van der Waals surface area contributed by atoms with E-state index in [4.69, 9.17) is 4.74 Å². The maximum absolute atomic E-state index is 13.8. The van der Waals surface area contributed by atoms with Crippen molar-refractivity contribution in [3.05, 3.63) is 46.1 Å². The molecule has 112 valence electrons. The molecule has 9 heteroatoms. The fourth-order valence-electron chi connectivity index (χ4n) is 1.42. The van der Waals surface area contributed by atoms with Crippen molar-refractivity contribution in [2.24, 2.45) is 0 Å². The molecule has 0 heterocycles. The first kappa shape index (κ1) is 17.8. The number of hydrogen-bond donors (Lipinski definition) is 1. The lowest BCUT2D eigenvalue weighted by molar-refractivity contribution is 0.351. The predicted molar refractivity (Wildman–Crippen MR) is 98.2 cm³/mol. The van der Waals surface area contributed by atoms with E-state index in [9.17, 15) is 17.6 Å². The van der Waals surface area contributed by atoms with Gasteiger partial charge < -0.3 is 4.74 Å². The summed E-state index contributed by atoms with van der Waals surface area (Å²) >= 11 is 9.26. The van der Waals surface area contributed by atoms with Gasteiger partial charge in [0.25, 0.3) is 0 Å². The van der Waals surface area contributed by atoms with E-state index in [2.05, 4.69) is 35.2 Å². The van der Waals surface area contributed by atoms with Gasteiger partial charge in [0.2, 0.25) is 17.4 Å². The summed E-state index contributed by atoms with van der Waals surface area (Å²) in [7, 11) is 0. The summed E-state index contributed by atoms with van der Waals surface area (Å²) in [4.78, 5) is -1.02. The zero-order chi connectivity index (χ0) is 15.9. The Morgan fingerprint density at radius 1 is 0.762 bits per heavy atom. The van der Waals surface area contributed by atoms with Crippen LogP contribution in [0.4, 0.5) is 17.6 Å². The molecule has 0 fully saturated rings. The number of rotatable bonds is 2. The minimum atomic E-state index is -1.62. The van der Waals surface area contributed by atoms with Crippen molar-refractivity contribution in [2.75, 3.05) is 0 Å². The zero-order valence-electron chi connectivity index (χ0n) is 9.66. The molecule has 0 spiro atoms. The summed E-state index contributed by atoms with van der Waals surface area (Å²) in [5, 5.41) is 0. The van der Waals surface area contributed by atoms with Crippen LogP contribution in [0, 0.1) is 34.0 Å². The molecule has 0 aliphatic carbocycles. The van der Waals surface area contributed by atoms with Gasteiger partial charge in [-0.3, -0.25) is 0 Å². The third kappa shape index (κ3) is 3.54. The molecular weight excluding hydrogens is 649 g/mol. The number of benzene rings is 2. The van der Waals surface area contributed by atoms with Crippen molar-refractivity contribution >= 4 is 80.4 Å². The van der Waals surface area contributed by atoms with Crippen LogP contribution in [-0.4, -0.2) is 0 Å². The lowest BCUT2D eigenvalue weighted by Gasteiger charge is -2.13. The summed E-state index contributed by atoms with van der Waals surface area (Å²) in [6, 6.07) is 3.40. The number of hydrogen-bond acceptors (Lipinski definition) is 2. The monoisotopic (exact) mass is 652 g/mol. The maximum atomic E-state index is 13.8. The molecule has 0 bridgehead atoms. The molecule has 0 saturated heterocycles. The Morgan fingerprint density at radius 2 is 1.19 bits per heavy atom. The van der Waals surface area contributed by atoms with E-state index in [0.29, 0.717) is 7.14 Å². The molecule has 0 aliphatic heterocycles. The van der Waals surface area contributed by atoms with Gasteiger partial charge in [-0.1, -0.05) is 0 Å². The highest BCUT2D eigenvalue weighted by atomic mass is 127. The van der Waals surface area contributed by atoms with Gasteiger partial charge in [0.1, 0.15) is 0 Å². The molecule has 0 atom stereocenters. The van der Waals surface area contributed by atoms with Crippen molar-refractivity contribution in [1.82, 2.24) is 0 Å². The fraction of sp³-hybridized carbons (Fsp3) is 0. The molecule has 0 aliphatic rings. The third-order valence-electron chi connectivity index (χ3n) is 2.37. The smallest absolute Gasteiger partial charge is 0.205 e. The molecular formula is C12H3F4I3OS. The second-order valence-electron chi connectivity index (χ2n) is 3.73. The summed E-state index contributed by atoms with van der Waals surface area (Å²) in [5.74, 6) is -7.43. The fourth-order valence-corrected chi connectivity index (χ4v) is 5.42. The first-order valence-electron chi connectivity index (χ1n) is 5.11. The number of thiol groups is 1. The Kier molecular flexibility index (Phi) is 5.90. The highest BCUT2D eigenvalue weighted by Crippen LogP contribution is 2.38. The Morgan fingerprint density at radius 3 is 1.62 bits per heavy atom. The highest BCUT2D eigenvalue weighted by molar-refractivity contribution is 14.1. The van der Waals surface area contributed by atoms with E-state index in [1.807, 2.05) is 45.2 Å². The zero-order valence-corrected chi connectivity index (χ0v) is 17.0. The van der Waals surface area contributed by atoms with Crippen LogP contribution >= 0.6 is 80.4 Å². The SMILES string of the molecule is Fc1c(F)c(Oc2c(I)cc(I)cc2I)c(F)c(F)c1S. The van der Waals surface area contributed by atoms with Crippen molar-refractivity contribution in [2.45, 2.75) is 4.90 Å². The summed E-state index contributed by atoms with van der Waals surface area (Å²) in [5.41, 5.74) is 0. The van der Waals surface area contributed by atoms with Crippen LogP contribution in [-0.2, 0) is 0 Å². The van der Waals surface area contributed by atoms with Gasteiger partial charge in [0.15, 0.2) is 17.4 Å². The van der Waals surface area contributed by atoms with Crippen molar-refractivity contribution in [1.29, 1.82) is 0 Å². The van der Waals surface area contributed by atoms with E-state index < -0.39 is 33.9 Å². The van der Waals surface area contributed by atoms with Gasteiger partial charge in [-0.15, -0.1) is 12.6 Å². The van der Waals surface area contributed by atoms with Crippen LogP contribution in [0.15, 0.2) is 17.0 Å². The van der Waals surface area contributed by atoms with Crippen molar-refractivity contribution in [3.8, 4) is 11.5 Å². The van der Waals surface area contributed by atoms with Crippen LogP contribution in [0.3, 0.4) is 0 Å². The second kappa shape index (κ2) is 6.95. The van der Waals surface area contributed by atoms with Crippen LogP contribution in [0.5, 0.6) is 11.5 Å². The van der Waals surface area contributed by atoms with E-state index in [1.165, 1.54) is 0 Å². The second-order valence-corrected chi connectivity index (χ2v) is 7.75. The molecule has 0 saturated carbocycles. The Balaban J connectivity index is 2.61. The van der Waals surface area contributed by atoms with Crippen LogP contribution < -0.4 is 4.74 Å². The first-order chi connectivity index (χ1) is 9.73. The van der Waals surface area contributed by atoms with Gasteiger partial charge in [-0.05, 0) is 79.9 Å². The van der Waals surface area contributed by atoms with E-state index in [0.717, 1.165) is 3.57 Å². The molecule has 0 unspecified atom stereocenters. The van der Waals surface area contributed by atoms with Gasteiger partial charge in [-0.2, -0.15) is 8.78 Å². The average Bonchev–Trinajstić information content (AvgIpc) is 2.41. The van der Waals surface area contributed by atoms with Crippen LogP contribution in [0.1, 0.15) is 0 Å². The van der Waals surface area contributed by atoms with E-state index in [-0.39, 0.29) is 5.75 Å². The van der Waals surface area contributed by atoms with E-state index in [1.54, 1.807) is 12.1 Å². The lowest BCUT2D eigenvalue weighted by Crippen LogP contribution is -2.03. The molecule has 0 amide bonds. The number of halogens is 7. The van der Waals surface area contributed by atoms with E-state index >= 15 is 0 Å². The van der Waals surface area contributed by atoms with Gasteiger partial charge in [0.05, 0.1) is 12.0 Å². The van der Waals surface area contributed by atoms with Crippen LogP contribution in [0.25, 0.3) is 0 Å². The lowest BCUT2D eigenvalue weighted by atomic mass is 10.2. The molecule has 0 aromatic heterocycles. The molecule has 2 rings (SSSR count). The summed E-state index contributed by atoms with van der Waals surface area (Å²) < 4.78 is 61.5. The largest absolute Gasteiger partial charge is 0.449 e. The normalized spacial score (nSPS) is 10.9. The van der Waals surface area contributed by atoms with Crippen molar-refractivity contribution in [3.63, 3.8) is 0 Å². The quantitative estimate of drug-likeness (QED) is 0.178. The molecule has 2 aromatic rings. The maximum Gasteiger partial charge on any atom is 0.205 e. The van der Waals surface area contributed by atoms with Crippen LogP contribution in [0.2, 0.25) is 0 Å². The Bertz CT molecular complexity index is 687. The summed E-state index contributed by atoms with van der Waals surface area (Å²) in [6.45, 7) is 0. The molecule has 2 aromatic carbocycles. The summed E-state index contributed by atoms with van der Waals surface area (Å²) in [6.07, 6.45) is 0. The molecule has 1 nitrogen and oxygen atoms in total. The Labute approximate surface area is 163 Å². The minimum Gasteiger partial charge on any atom is -0.449 e.